The summed E-state index contributed by atoms with van der Waals surface area (Å²) in [5.74, 6) is 0. The Morgan fingerprint density at radius 2 is 2.57 bits per heavy atom. The molecular formula is C5H7O2. The fraction of sp³-hybridized carbons (Fsp3) is 0.800. The van der Waals surface area contributed by atoms with E-state index in [1.165, 1.54) is 0 Å². The van der Waals surface area contributed by atoms with E-state index in [9.17, 15) is 4.79 Å². The van der Waals surface area contributed by atoms with Crippen LogP contribution < -0.4 is 0 Å². The van der Waals surface area contributed by atoms with Gasteiger partial charge in [-0.1, -0.05) is 0 Å². The monoisotopic (exact) mass is 99.0 g/mol. The summed E-state index contributed by atoms with van der Waals surface area (Å²) in [5, 5.41) is 0. The molecule has 39 valence electrons. The first-order valence-corrected chi connectivity index (χ1v) is 2.40. The zero-order chi connectivity index (χ0) is 5.11. The highest BCUT2D eigenvalue weighted by Crippen LogP contribution is 2.13. The summed E-state index contributed by atoms with van der Waals surface area (Å²) in [4.78, 5) is 9.56. The van der Waals surface area contributed by atoms with E-state index in [1.807, 2.05) is 6.29 Å². The topological polar surface area (TPSA) is 29.6 Å². The second-order valence-electron chi connectivity index (χ2n) is 1.64. The molecule has 2 heteroatoms. The van der Waals surface area contributed by atoms with Crippen LogP contribution in [-0.2, 0) is 9.53 Å². The lowest BCUT2D eigenvalue weighted by Gasteiger charge is -1.78. The maximum atomic E-state index is 9.56. The van der Waals surface area contributed by atoms with Gasteiger partial charge in [-0.25, -0.2) is 0 Å². The molecule has 0 aromatic carbocycles. The van der Waals surface area contributed by atoms with E-state index < -0.39 is 0 Å². The molecule has 0 amide bonds. The van der Waals surface area contributed by atoms with Crippen LogP contribution in [0.5, 0.6) is 0 Å². The first-order valence-electron chi connectivity index (χ1n) is 2.40. The molecule has 0 spiro atoms. The molecule has 1 saturated heterocycles. The SMILES string of the molecule is O=[C]CCC1CO1. The molecule has 1 aliphatic heterocycles. The average Bonchev–Trinajstić information content (AvgIpc) is 2.42. The molecule has 0 aromatic heterocycles. The minimum atomic E-state index is 0.390. The lowest BCUT2D eigenvalue weighted by Crippen LogP contribution is -1.83. The molecule has 0 aromatic rings. The summed E-state index contributed by atoms with van der Waals surface area (Å²) in [5.41, 5.74) is 0. The van der Waals surface area contributed by atoms with Crippen LogP contribution in [-0.4, -0.2) is 19.0 Å². The quantitative estimate of drug-likeness (QED) is 0.475. The van der Waals surface area contributed by atoms with Gasteiger partial charge in [0.15, 0.2) is 6.29 Å². The van der Waals surface area contributed by atoms with Crippen molar-refractivity contribution >= 4 is 6.29 Å². The van der Waals surface area contributed by atoms with Gasteiger partial charge in [0.2, 0.25) is 0 Å². The van der Waals surface area contributed by atoms with Gasteiger partial charge in [-0.3, -0.25) is 4.79 Å². The number of rotatable bonds is 3. The van der Waals surface area contributed by atoms with Gasteiger partial charge >= 0.3 is 0 Å². The van der Waals surface area contributed by atoms with E-state index >= 15 is 0 Å². The molecule has 0 saturated carbocycles. The van der Waals surface area contributed by atoms with Gasteiger partial charge in [0, 0.05) is 6.42 Å². The van der Waals surface area contributed by atoms with Crippen LogP contribution in [0.2, 0.25) is 0 Å². The summed E-state index contributed by atoms with van der Waals surface area (Å²) >= 11 is 0. The molecule has 1 heterocycles. The summed E-state index contributed by atoms with van der Waals surface area (Å²) < 4.78 is 4.83. The third kappa shape index (κ3) is 1.69. The fourth-order valence-electron chi connectivity index (χ4n) is 0.455. The Bertz CT molecular complexity index is 66.5. The molecule has 7 heavy (non-hydrogen) atoms. The predicted octanol–water partition coefficient (Wildman–Crippen LogP) is 0.275. The van der Waals surface area contributed by atoms with Gasteiger partial charge < -0.3 is 4.74 Å². The molecule has 1 fully saturated rings. The minimum Gasteiger partial charge on any atom is -0.373 e. The third-order valence-electron chi connectivity index (χ3n) is 0.971. The lowest BCUT2D eigenvalue weighted by atomic mass is 10.3. The van der Waals surface area contributed by atoms with Crippen molar-refractivity contribution in [3.63, 3.8) is 0 Å². The van der Waals surface area contributed by atoms with Gasteiger partial charge in [0.1, 0.15) is 0 Å². The number of hydrogen-bond acceptors (Lipinski definition) is 2. The van der Waals surface area contributed by atoms with Crippen molar-refractivity contribution in [2.24, 2.45) is 0 Å². The van der Waals surface area contributed by atoms with Crippen molar-refractivity contribution in [2.45, 2.75) is 18.9 Å². The van der Waals surface area contributed by atoms with Crippen molar-refractivity contribution < 1.29 is 9.53 Å². The van der Waals surface area contributed by atoms with Crippen molar-refractivity contribution in [3.8, 4) is 0 Å². The molecule has 0 aliphatic carbocycles. The van der Waals surface area contributed by atoms with Crippen molar-refractivity contribution in [1.82, 2.24) is 0 Å². The maximum absolute atomic E-state index is 9.56. The highest BCUT2D eigenvalue weighted by molar-refractivity contribution is 5.50. The van der Waals surface area contributed by atoms with Crippen LogP contribution in [0, 0.1) is 0 Å². The molecule has 1 atom stereocenters. The Labute approximate surface area is 42.5 Å². The first kappa shape index (κ1) is 4.78. The minimum absolute atomic E-state index is 0.390. The molecule has 1 radical (unpaired) electrons. The highest BCUT2D eigenvalue weighted by atomic mass is 16.6. The molecule has 0 bridgehead atoms. The van der Waals surface area contributed by atoms with E-state index in [4.69, 9.17) is 4.74 Å². The van der Waals surface area contributed by atoms with Crippen LogP contribution in [0.25, 0.3) is 0 Å². The molecular weight excluding hydrogens is 92.1 g/mol. The number of hydrogen-bond donors (Lipinski definition) is 0. The molecule has 1 aliphatic rings. The standard InChI is InChI=1S/C5H7O2/c6-3-1-2-5-4-7-5/h5H,1-2,4H2. The van der Waals surface area contributed by atoms with Crippen LogP contribution >= 0.6 is 0 Å². The molecule has 1 unspecified atom stereocenters. The summed E-state index contributed by atoms with van der Waals surface area (Å²) in [6.45, 7) is 0.849. The van der Waals surface area contributed by atoms with Crippen LogP contribution in [0.15, 0.2) is 0 Å². The zero-order valence-corrected chi connectivity index (χ0v) is 4.02. The van der Waals surface area contributed by atoms with E-state index in [0.717, 1.165) is 13.0 Å². The first-order chi connectivity index (χ1) is 3.43. The van der Waals surface area contributed by atoms with Gasteiger partial charge in [0.05, 0.1) is 12.7 Å². The van der Waals surface area contributed by atoms with Crippen molar-refractivity contribution in [3.05, 3.63) is 0 Å². The Morgan fingerprint density at radius 3 is 3.00 bits per heavy atom. The Balaban J connectivity index is 1.88. The maximum Gasteiger partial charge on any atom is 0.198 e. The second kappa shape index (κ2) is 2.07. The Morgan fingerprint density at radius 1 is 1.86 bits per heavy atom. The fourth-order valence-corrected chi connectivity index (χ4v) is 0.455. The van der Waals surface area contributed by atoms with Gasteiger partial charge in [0.25, 0.3) is 0 Å². The van der Waals surface area contributed by atoms with Gasteiger partial charge in [-0.2, -0.15) is 0 Å². The van der Waals surface area contributed by atoms with Gasteiger partial charge in [-0.15, -0.1) is 0 Å². The van der Waals surface area contributed by atoms with Crippen molar-refractivity contribution in [2.75, 3.05) is 6.61 Å². The van der Waals surface area contributed by atoms with E-state index in [0.29, 0.717) is 12.5 Å². The van der Waals surface area contributed by atoms with Gasteiger partial charge in [-0.05, 0) is 6.42 Å². The normalized spacial score (nSPS) is 27.1. The number of epoxide rings is 1. The molecule has 0 N–H and O–H groups in total. The highest BCUT2D eigenvalue weighted by Gasteiger charge is 2.20. The second-order valence-corrected chi connectivity index (χ2v) is 1.64. The number of ether oxygens (including phenoxy) is 1. The third-order valence-corrected chi connectivity index (χ3v) is 0.971. The average molecular weight is 99.1 g/mol. The zero-order valence-electron chi connectivity index (χ0n) is 4.02. The van der Waals surface area contributed by atoms with E-state index in [1.54, 1.807) is 0 Å². The summed E-state index contributed by atoms with van der Waals surface area (Å²) in [7, 11) is 0. The smallest absolute Gasteiger partial charge is 0.198 e. The lowest BCUT2D eigenvalue weighted by molar-refractivity contribution is 0.398. The number of carbonyl (C=O) groups excluding carboxylic acids is 1. The predicted molar refractivity (Wildman–Crippen MR) is 24.7 cm³/mol. The Hall–Kier alpha value is -0.370. The molecule has 2 nitrogen and oxygen atoms in total. The Kier molecular flexibility index (Phi) is 1.42. The van der Waals surface area contributed by atoms with E-state index in [-0.39, 0.29) is 0 Å². The van der Waals surface area contributed by atoms with Crippen molar-refractivity contribution in [1.29, 1.82) is 0 Å². The van der Waals surface area contributed by atoms with E-state index in [2.05, 4.69) is 0 Å². The van der Waals surface area contributed by atoms with Crippen LogP contribution in [0.3, 0.4) is 0 Å². The van der Waals surface area contributed by atoms with Crippen LogP contribution in [0.4, 0.5) is 0 Å². The summed E-state index contributed by atoms with van der Waals surface area (Å²) in [6.07, 6.45) is 3.60. The summed E-state index contributed by atoms with van der Waals surface area (Å²) in [6, 6.07) is 0. The largest absolute Gasteiger partial charge is 0.373 e. The van der Waals surface area contributed by atoms with Crippen LogP contribution in [0.1, 0.15) is 12.8 Å². The molecule has 1 rings (SSSR count).